The maximum absolute atomic E-state index is 4.35. The fourth-order valence-electron chi connectivity index (χ4n) is 1.53. The van der Waals surface area contributed by atoms with Gasteiger partial charge in [-0.15, -0.1) is 0 Å². The van der Waals surface area contributed by atoms with Crippen molar-refractivity contribution in [1.82, 2.24) is 25.3 Å². The molecule has 2 heterocycles. The summed E-state index contributed by atoms with van der Waals surface area (Å²) in [5.74, 6) is 1.35. The quantitative estimate of drug-likeness (QED) is 0.912. The molecular formula is C14H19N5. The Morgan fingerprint density at radius 1 is 1.11 bits per heavy atom. The molecule has 5 heteroatoms. The summed E-state index contributed by atoms with van der Waals surface area (Å²) in [6.07, 6.45) is 5.38. The van der Waals surface area contributed by atoms with E-state index < -0.39 is 0 Å². The fourth-order valence-corrected chi connectivity index (χ4v) is 1.53. The van der Waals surface area contributed by atoms with E-state index in [0.29, 0.717) is 5.82 Å². The highest BCUT2D eigenvalue weighted by molar-refractivity contribution is 5.47. The van der Waals surface area contributed by atoms with Gasteiger partial charge in [-0.25, -0.2) is 19.9 Å². The summed E-state index contributed by atoms with van der Waals surface area (Å²) in [7, 11) is 0. The molecule has 19 heavy (non-hydrogen) atoms. The molecule has 0 amide bonds. The van der Waals surface area contributed by atoms with Gasteiger partial charge < -0.3 is 5.32 Å². The van der Waals surface area contributed by atoms with Crippen molar-refractivity contribution in [1.29, 1.82) is 0 Å². The van der Waals surface area contributed by atoms with Crippen molar-refractivity contribution in [2.75, 3.05) is 0 Å². The van der Waals surface area contributed by atoms with Gasteiger partial charge in [0.15, 0.2) is 5.82 Å². The highest BCUT2D eigenvalue weighted by atomic mass is 15.0. The first-order valence-electron chi connectivity index (χ1n) is 6.30. The summed E-state index contributed by atoms with van der Waals surface area (Å²) in [5, 5.41) is 3.40. The van der Waals surface area contributed by atoms with Crippen molar-refractivity contribution < 1.29 is 0 Å². The number of rotatable bonds is 3. The van der Waals surface area contributed by atoms with Crippen LogP contribution in [0.1, 0.15) is 32.2 Å². The summed E-state index contributed by atoms with van der Waals surface area (Å²) in [6, 6.07) is 1.81. The van der Waals surface area contributed by atoms with Gasteiger partial charge in [-0.3, -0.25) is 0 Å². The van der Waals surface area contributed by atoms with Crippen molar-refractivity contribution in [3.8, 4) is 11.5 Å². The van der Waals surface area contributed by atoms with Crippen LogP contribution in [0.4, 0.5) is 0 Å². The standard InChI is InChI=1S/C14H19N5/c1-10-15-6-5-12(19-10)13-16-7-11(8-17-13)9-18-14(2,3)4/h5-8,18H,9H2,1-4H3. The zero-order valence-corrected chi connectivity index (χ0v) is 11.8. The minimum Gasteiger partial charge on any atom is -0.308 e. The maximum Gasteiger partial charge on any atom is 0.178 e. The second kappa shape index (κ2) is 5.40. The largest absolute Gasteiger partial charge is 0.308 e. The first-order chi connectivity index (χ1) is 8.94. The van der Waals surface area contributed by atoms with Crippen molar-refractivity contribution in [3.63, 3.8) is 0 Å². The first kappa shape index (κ1) is 13.5. The number of aryl methyl sites for hydroxylation is 1. The SMILES string of the molecule is Cc1nccc(-c2ncc(CNC(C)(C)C)cn2)n1. The molecule has 0 aliphatic heterocycles. The molecule has 5 nitrogen and oxygen atoms in total. The van der Waals surface area contributed by atoms with Crippen LogP contribution in [-0.4, -0.2) is 25.5 Å². The number of nitrogens with zero attached hydrogens (tertiary/aromatic N) is 4. The predicted octanol–water partition coefficient (Wildman–Crippen LogP) is 2.13. The van der Waals surface area contributed by atoms with Crippen LogP contribution in [0.25, 0.3) is 11.5 Å². The minimum absolute atomic E-state index is 0.0858. The lowest BCUT2D eigenvalue weighted by Gasteiger charge is -2.20. The van der Waals surface area contributed by atoms with Crippen molar-refractivity contribution in [3.05, 3.63) is 36.0 Å². The highest BCUT2D eigenvalue weighted by Crippen LogP contribution is 2.11. The Labute approximate surface area is 113 Å². The second-order valence-electron chi connectivity index (χ2n) is 5.51. The average Bonchev–Trinajstić information content (AvgIpc) is 2.36. The predicted molar refractivity (Wildman–Crippen MR) is 74.4 cm³/mol. The lowest BCUT2D eigenvalue weighted by atomic mass is 10.1. The molecule has 0 aliphatic carbocycles. The van der Waals surface area contributed by atoms with E-state index in [1.54, 1.807) is 6.20 Å². The van der Waals surface area contributed by atoms with E-state index in [9.17, 15) is 0 Å². The van der Waals surface area contributed by atoms with Gasteiger partial charge in [-0.2, -0.15) is 0 Å². The molecule has 0 saturated heterocycles. The Balaban J connectivity index is 2.10. The molecule has 2 aromatic rings. The average molecular weight is 257 g/mol. The van der Waals surface area contributed by atoms with E-state index in [4.69, 9.17) is 0 Å². The minimum atomic E-state index is 0.0858. The molecule has 0 spiro atoms. The van der Waals surface area contributed by atoms with Crippen LogP contribution >= 0.6 is 0 Å². The summed E-state index contributed by atoms with van der Waals surface area (Å²) in [6.45, 7) is 9.00. The van der Waals surface area contributed by atoms with Crippen molar-refractivity contribution in [2.24, 2.45) is 0 Å². The molecule has 0 aliphatic rings. The Morgan fingerprint density at radius 2 is 1.79 bits per heavy atom. The topological polar surface area (TPSA) is 63.6 Å². The third kappa shape index (κ3) is 4.06. The normalized spacial score (nSPS) is 11.6. The molecule has 0 bridgehead atoms. The number of nitrogens with one attached hydrogen (secondary N) is 1. The molecule has 0 fully saturated rings. The van der Waals surface area contributed by atoms with Gasteiger partial charge in [0, 0.05) is 36.2 Å². The van der Waals surface area contributed by atoms with E-state index in [2.05, 4.69) is 46.0 Å². The van der Waals surface area contributed by atoms with Gasteiger partial charge in [0.05, 0.1) is 0 Å². The van der Waals surface area contributed by atoms with Crippen LogP contribution in [0.2, 0.25) is 0 Å². The summed E-state index contributed by atoms with van der Waals surface area (Å²) >= 11 is 0. The van der Waals surface area contributed by atoms with Gasteiger partial charge in [-0.05, 0) is 33.8 Å². The first-order valence-corrected chi connectivity index (χ1v) is 6.30. The number of hydrogen-bond acceptors (Lipinski definition) is 5. The Bertz CT molecular complexity index is 543. The van der Waals surface area contributed by atoms with E-state index >= 15 is 0 Å². The number of aromatic nitrogens is 4. The molecule has 0 radical (unpaired) electrons. The molecule has 0 atom stereocenters. The Kier molecular flexibility index (Phi) is 3.85. The maximum atomic E-state index is 4.35. The van der Waals surface area contributed by atoms with Gasteiger partial charge in [0.25, 0.3) is 0 Å². The highest BCUT2D eigenvalue weighted by Gasteiger charge is 2.09. The smallest absolute Gasteiger partial charge is 0.178 e. The third-order valence-electron chi connectivity index (χ3n) is 2.53. The van der Waals surface area contributed by atoms with Crippen LogP contribution in [0.15, 0.2) is 24.7 Å². The van der Waals surface area contributed by atoms with Crippen LogP contribution in [0, 0.1) is 6.92 Å². The third-order valence-corrected chi connectivity index (χ3v) is 2.53. The van der Waals surface area contributed by atoms with Crippen LogP contribution in [-0.2, 0) is 6.54 Å². The van der Waals surface area contributed by atoms with Crippen LogP contribution in [0.3, 0.4) is 0 Å². The van der Waals surface area contributed by atoms with Crippen molar-refractivity contribution in [2.45, 2.75) is 39.8 Å². The van der Waals surface area contributed by atoms with E-state index in [1.165, 1.54) is 0 Å². The van der Waals surface area contributed by atoms with Crippen LogP contribution in [0.5, 0.6) is 0 Å². The van der Waals surface area contributed by atoms with E-state index in [1.807, 2.05) is 25.4 Å². The molecule has 0 saturated carbocycles. The van der Waals surface area contributed by atoms with Gasteiger partial charge in [0.1, 0.15) is 11.5 Å². The summed E-state index contributed by atoms with van der Waals surface area (Å²) in [5.41, 5.74) is 1.90. The van der Waals surface area contributed by atoms with E-state index in [-0.39, 0.29) is 5.54 Å². The summed E-state index contributed by atoms with van der Waals surface area (Å²) in [4.78, 5) is 17.1. The zero-order chi connectivity index (χ0) is 13.9. The Hall–Kier alpha value is -1.88. The molecule has 1 N–H and O–H groups in total. The van der Waals surface area contributed by atoms with Crippen molar-refractivity contribution >= 4 is 0 Å². The Morgan fingerprint density at radius 3 is 2.37 bits per heavy atom. The van der Waals surface area contributed by atoms with E-state index in [0.717, 1.165) is 23.6 Å². The summed E-state index contributed by atoms with van der Waals surface area (Å²) < 4.78 is 0. The van der Waals surface area contributed by atoms with Gasteiger partial charge in [-0.1, -0.05) is 0 Å². The molecule has 0 aromatic carbocycles. The van der Waals surface area contributed by atoms with Crippen LogP contribution < -0.4 is 5.32 Å². The van der Waals surface area contributed by atoms with Gasteiger partial charge >= 0.3 is 0 Å². The molecule has 0 unspecified atom stereocenters. The lowest BCUT2D eigenvalue weighted by Crippen LogP contribution is -2.35. The lowest BCUT2D eigenvalue weighted by molar-refractivity contribution is 0.423. The zero-order valence-electron chi connectivity index (χ0n) is 11.8. The number of hydrogen-bond donors (Lipinski definition) is 1. The fraction of sp³-hybridized carbons (Fsp3) is 0.429. The molecule has 100 valence electrons. The second-order valence-corrected chi connectivity index (χ2v) is 5.51. The monoisotopic (exact) mass is 257 g/mol. The van der Waals surface area contributed by atoms with Gasteiger partial charge in [0.2, 0.25) is 0 Å². The molecule has 2 rings (SSSR count). The molecular weight excluding hydrogens is 238 g/mol. The molecule has 2 aromatic heterocycles.